The fraction of sp³-hybridized carbons (Fsp3) is 0.929. The van der Waals surface area contributed by atoms with Crippen LogP contribution in [0, 0.1) is 17.8 Å². The standard InChI is InChI=1S/C14H28N2O/c1-6-12-9-16(8-7-13(12)15-5)14(17)11(4)10(2)3/h10-13,15H,6-9H2,1-5H3. The molecule has 3 heteroatoms. The van der Waals surface area contributed by atoms with Gasteiger partial charge in [0.1, 0.15) is 0 Å². The van der Waals surface area contributed by atoms with Crippen molar-refractivity contribution < 1.29 is 4.79 Å². The molecule has 0 saturated carbocycles. The summed E-state index contributed by atoms with van der Waals surface area (Å²) < 4.78 is 0. The Bertz CT molecular complexity index is 253. The molecule has 3 atom stereocenters. The monoisotopic (exact) mass is 240 g/mol. The molecule has 1 amide bonds. The Balaban J connectivity index is 2.60. The Morgan fingerprint density at radius 1 is 1.41 bits per heavy atom. The van der Waals surface area contributed by atoms with E-state index in [4.69, 9.17) is 0 Å². The van der Waals surface area contributed by atoms with Gasteiger partial charge in [-0.25, -0.2) is 0 Å². The minimum Gasteiger partial charge on any atom is -0.342 e. The number of carbonyl (C=O) groups is 1. The van der Waals surface area contributed by atoms with E-state index >= 15 is 0 Å². The number of amides is 1. The van der Waals surface area contributed by atoms with Gasteiger partial charge in [0.25, 0.3) is 0 Å². The summed E-state index contributed by atoms with van der Waals surface area (Å²) in [5, 5.41) is 3.38. The molecule has 1 heterocycles. The van der Waals surface area contributed by atoms with E-state index in [9.17, 15) is 4.79 Å². The Kier molecular flexibility index (Phi) is 5.44. The van der Waals surface area contributed by atoms with Crippen molar-refractivity contribution in [2.75, 3.05) is 20.1 Å². The minimum absolute atomic E-state index is 0.152. The average molecular weight is 240 g/mol. The van der Waals surface area contributed by atoms with Gasteiger partial charge in [-0.15, -0.1) is 0 Å². The lowest BCUT2D eigenvalue weighted by molar-refractivity contribution is -0.138. The van der Waals surface area contributed by atoms with Crippen LogP contribution in [0.5, 0.6) is 0 Å². The van der Waals surface area contributed by atoms with E-state index < -0.39 is 0 Å². The predicted molar refractivity (Wildman–Crippen MR) is 71.8 cm³/mol. The molecule has 0 bridgehead atoms. The van der Waals surface area contributed by atoms with Gasteiger partial charge in [-0.05, 0) is 25.3 Å². The minimum atomic E-state index is 0.152. The highest BCUT2D eigenvalue weighted by molar-refractivity contribution is 5.78. The summed E-state index contributed by atoms with van der Waals surface area (Å²) >= 11 is 0. The molecule has 17 heavy (non-hydrogen) atoms. The zero-order valence-corrected chi connectivity index (χ0v) is 12.0. The molecule has 100 valence electrons. The lowest BCUT2D eigenvalue weighted by Gasteiger charge is -2.39. The molecule has 1 aliphatic heterocycles. The molecule has 3 unspecified atom stereocenters. The Morgan fingerprint density at radius 2 is 2.06 bits per heavy atom. The van der Waals surface area contributed by atoms with E-state index in [-0.39, 0.29) is 5.92 Å². The molecular weight excluding hydrogens is 212 g/mol. The van der Waals surface area contributed by atoms with Gasteiger partial charge >= 0.3 is 0 Å². The van der Waals surface area contributed by atoms with Gasteiger partial charge in [0, 0.05) is 25.0 Å². The predicted octanol–water partition coefficient (Wildman–Crippen LogP) is 2.12. The highest BCUT2D eigenvalue weighted by Gasteiger charge is 2.31. The topological polar surface area (TPSA) is 32.3 Å². The van der Waals surface area contributed by atoms with Crippen LogP contribution < -0.4 is 5.32 Å². The number of nitrogens with zero attached hydrogens (tertiary/aromatic N) is 1. The quantitative estimate of drug-likeness (QED) is 0.816. The number of hydrogen-bond acceptors (Lipinski definition) is 2. The summed E-state index contributed by atoms with van der Waals surface area (Å²) in [4.78, 5) is 14.4. The normalized spacial score (nSPS) is 27.3. The van der Waals surface area contributed by atoms with Gasteiger partial charge in [-0.3, -0.25) is 4.79 Å². The number of piperidine rings is 1. The molecule has 0 aliphatic carbocycles. The molecule has 1 rings (SSSR count). The average Bonchev–Trinajstić information content (AvgIpc) is 2.35. The zero-order valence-electron chi connectivity index (χ0n) is 12.0. The number of carbonyl (C=O) groups excluding carboxylic acids is 1. The molecule has 1 fully saturated rings. The second-order valence-corrected chi connectivity index (χ2v) is 5.67. The third-order valence-electron chi connectivity index (χ3n) is 4.33. The number of hydrogen-bond donors (Lipinski definition) is 1. The molecule has 0 spiro atoms. The maximum atomic E-state index is 12.3. The summed E-state index contributed by atoms with van der Waals surface area (Å²) in [6, 6.07) is 0.582. The van der Waals surface area contributed by atoms with Crippen LogP contribution in [0.4, 0.5) is 0 Å². The highest BCUT2D eigenvalue weighted by Crippen LogP contribution is 2.23. The van der Waals surface area contributed by atoms with Crippen molar-refractivity contribution in [1.82, 2.24) is 10.2 Å². The summed E-state index contributed by atoms with van der Waals surface area (Å²) in [5.41, 5.74) is 0. The van der Waals surface area contributed by atoms with Crippen LogP contribution in [-0.2, 0) is 4.79 Å². The Labute approximate surface area is 106 Å². The fourth-order valence-electron chi connectivity index (χ4n) is 2.60. The first kappa shape index (κ1) is 14.5. The fourth-order valence-corrected chi connectivity index (χ4v) is 2.60. The summed E-state index contributed by atoms with van der Waals surface area (Å²) in [6.45, 7) is 10.4. The van der Waals surface area contributed by atoms with Crippen molar-refractivity contribution >= 4 is 5.91 Å². The smallest absolute Gasteiger partial charge is 0.225 e. The number of likely N-dealkylation sites (tertiary alicyclic amines) is 1. The van der Waals surface area contributed by atoms with Gasteiger partial charge in [-0.1, -0.05) is 34.1 Å². The van der Waals surface area contributed by atoms with Crippen molar-refractivity contribution in [2.24, 2.45) is 17.8 Å². The first-order valence-corrected chi connectivity index (χ1v) is 6.97. The lowest BCUT2D eigenvalue weighted by Crippen LogP contribution is -2.51. The first-order valence-electron chi connectivity index (χ1n) is 6.97. The maximum Gasteiger partial charge on any atom is 0.225 e. The van der Waals surface area contributed by atoms with Crippen molar-refractivity contribution in [3.63, 3.8) is 0 Å². The van der Waals surface area contributed by atoms with Gasteiger partial charge in [0.05, 0.1) is 0 Å². The van der Waals surface area contributed by atoms with Crippen LogP contribution in [0.1, 0.15) is 40.5 Å². The van der Waals surface area contributed by atoms with Gasteiger partial charge in [0.15, 0.2) is 0 Å². The van der Waals surface area contributed by atoms with Gasteiger partial charge < -0.3 is 10.2 Å². The van der Waals surface area contributed by atoms with Crippen LogP contribution in [0.15, 0.2) is 0 Å². The Morgan fingerprint density at radius 3 is 2.53 bits per heavy atom. The highest BCUT2D eigenvalue weighted by atomic mass is 16.2. The molecule has 1 N–H and O–H groups in total. The molecule has 0 aromatic rings. The zero-order chi connectivity index (χ0) is 13.0. The van der Waals surface area contributed by atoms with Crippen LogP contribution in [-0.4, -0.2) is 37.0 Å². The van der Waals surface area contributed by atoms with Crippen LogP contribution in [0.2, 0.25) is 0 Å². The van der Waals surface area contributed by atoms with Crippen LogP contribution in [0.25, 0.3) is 0 Å². The van der Waals surface area contributed by atoms with Crippen molar-refractivity contribution in [3.8, 4) is 0 Å². The van der Waals surface area contributed by atoms with E-state index in [1.807, 2.05) is 7.05 Å². The third-order valence-corrected chi connectivity index (χ3v) is 4.33. The van der Waals surface area contributed by atoms with Crippen molar-refractivity contribution in [1.29, 1.82) is 0 Å². The van der Waals surface area contributed by atoms with Crippen LogP contribution in [0.3, 0.4) is 0 Å². The SMILES string of the molecule is CCC1CN(C(=O)C(C)C(C)C)CCC1NC. The Hall–Kier alpha value is -0.570. The first-order chi connectivity index (χ1) is 8.01. The number of nitrogens with one attached hydrogen (secondary N) is 1. The third kappa shape index (κ3) is 3.44. The largest absolute Gasteiger partial charge is 0.342 e. The van der Waals surface area contributed by atoms with Gasteiger partial charge in [0.2, 0.25) is 5.91 Å². The lowest BCUT2D eigenvalue weighted by atomic mass is 9.88. The van der Waals surface area contributed by atoms with Crippen molar-refractivity contribution in [3.05, 3.63) is 0 Å². The van der Waals surface area contributed by atoms with Gasteiger partial charge in [-0.2, -0.15) is 0 Å². The summed E-state index contributed by atoms with van der Waals surface area (Å²) in [6.07, 6.45) is 2.23. The van der Waals surface area contributed by atoms with E-state index in [0.29, 0.717) is 23.8 Å². The maximum absolute atomic E-state index is 12.3. The van der Waals surface area contributed by atoms with E-state index in [0.717, 1.165) is 25.9 Å². The van der Waals surface area contributed by atoms with E-state index in [1.165, 1.54) is 0 Å². The van der Waals surface area contributed by atoms with Crippen molar-refractivity contribution in [2.45, 2.75) is 46.6 Å². The molecule has 1 aliphatic rings. The van der Waals surface area contributed by atoms with E-state index in [2.05, 4.69) is 37.9 Å². The molecule has 0 aromatic heterocycles. The summed E-state index contributed by atoms with van der Waals surface area (Å²) in [5.74, 6) is 1.54. The molecule has 1 saturated heterocycles. The van der Waals surface area contributed by atoms with Crippen LogP contribution >= 0.6 is 0 Å². The molecule has 0 aromatic carbocycles. The molecule has 0 radical (unpaired) electrons. The number of rotatable bonds is 4. The second kappa shape index (κ2) is 6.39. The second-order valence-electron chi connectivity index (χ2n) is 5.67. The molecule has 3 nitrogen and oxygen atoms in total. The summed E-state index contributed by atoms with van der Waals surface area (Å²) in [7, 11) is 2.03. The molecular formula is C14H28N2O. The van der Waals surface area contributed by atoms with E-state index in [1.54, 1.807) is 0 Å².